The lowest BCUT2D eigenvalue weighted by Crippen LogP contribution is -2.44. The van der Waals surface area contributed by atoms with Gasteiger partial charge < -0.3 is 5.73 Å². The fourth-order valence-corrected chi connectivity index (χ4v) is 0.650. The van der Waals surface area contributed by atoms with Gasteiger partial charge in [0, 0.05) is 6.04 Å². The van der Waals surface area contributed by atoms with Crippen LogP contribution < -0.4 is 5.73 Å². The van der Waals surface area contributed by atoms with Crippen molar-refractivity contribution in [2.24, 2.45) is 5.73 Å². The lowest BCUT2D eigenvalue weighted by Gasteiger charge is -2.23. The first-order chi connectivity index (χ1) is 4.45. The van der Waals surface area contributed by atoms with E-state index in [0.717, 1.165) is 0 Å². The van der Waals surface area contributed by atoms with E-state index in [1.807, 2.05) is 0 Å². The predicted molar refractivity (Wildman–Crippen MR) is 46.2 cm³/mol. The number of nitrogens with two attached hydrogens (primary N) is 1. The molecule has 0 bridgehead atoms. The molecule has 0 spiro atoms. The zero-order chi connectivity index (χ0) is 8.36. The molecule has 3 heteroatoms. The molecule has 0 aliphatic rings. The summed E-state index contributed by atoms with van der Waals surface area (Å²) in [4.78, 5) is 10.9. The summed E-state index contributed by atoms with van der Waals surface area (Å²) in [6.07, 6.45) is 1.53. The number of Topliss-reactive ketones (excluding diaryl/α,β-unsaturated/α-hetero) is 1. The summed E-state index contributed by atoms with van der Waals surface area (Å²) in [6.45, 7) is 6.78. The Labute approximate surface area is 69.6 Å². The Morgan fingerprint density at radius 2 is 2.30 bits per heavy atom. The van der Waals surface area contributed by atoms with Gasteiger partial charge in [-0.3, -0.25) is 4.79 Å². The van der Waals surface area contributed by atoms with Crippen molar-refractivity contribution < 1.29 is 4.79 Å². The summed E-state index contributed by atoms with van der Waals surface area (Å²) >= 11 is 3.22. The van der Waals surface area contributed by atoms with Crippen molar-refractivity contribution in [3.05, 3.63) is 12.7 Å². The fraction of sp³-hybridized carbons (Fsp3) is 0.571. The van der Waals surface area contributed by atoms with Crippen LogP contribution in [-0.2, 0) is 4.79 Å². The van der Waals surface area contributed by atoms with Crippen LogP contribution in [0.5, 0.6) is 0 Å². The van der Waals surface area contributed by atoms with Crippen LogP contribution in [-0.4, -0.2) is 16.1 Å². The number of carbonyl (C=O) groups is 1. The van der Waals surface area contributed by atoms with E-state index in [-0.39, 0.29) is 11.8 Å². The van der Waals surface area contributed by atoms with Gasteiger partial charge in [-0.15, -0.1) is 6.58 Å². The molecule has 0 radical (unpaired) electrons. The molecule has 0 saturated carbocycles. The van der Waals surface area contributed by atoms with Crippen LogP contribution in [0.3, 0.4) is 0 Å². The zero-order valence-corrected chi connectivity index (χ0v) is 7.81. The predicted octanol–water partition coefficient (Wildman–Crippen LogP) is 1.24. The van der Waals surface area contributed by atoms with Crippen molar-refractivity contribution in [1.29, 1.82) is 0 Å². The minimum atomic E-state index is -0.743. The van der Waals surface area contributed by atoms with E-state index in [1.165, 1.54) is 13.0 Å². The molecule has 2 unspecified atom stereocenters. The number of alkyl halides is 1. The molecule has 0 amide bonds. The molecule has 10 heavy (non-hydrogen) atoms. The smallest absolute Gasteiger partial charge is 0.151 e. The largest absolute Gasteiger partial charge is 0.326 e. The zero-order valence-electron chi connectivity index (χ0n) is 6.23. The molecule has 2 nitrogen and oxygen atoms in total. The number of ketones is 1. The van der Waals surface area contributed by atoms with Gasteiger partial charge in [0.05, 0.1) is 0 Å². The molecule has 0 rings (SSSR count). The molecule has 0 fully saturated rings. The number of hydrogen-bond acceptors (Lipinski definition) is 2. The third kappa shape index (κ3) is 1.67. The summed E-state index contributed by atoms with van der Waals surface area (Å²) in [6, 6.07) is -0.248. The number of halogens is 1. The highest BCUT2D eigenvalue weighted by Crippen LogP contribution is 2.23. The topological polar surface area (TPSA) is 43.1 Å². The Morgan fingerprint density at radius 1 is 1.90 bits per heavy atom. The molecular weight excluding hydrogens is 194 g/mol. The molecule has 0 saturated heterocycles. The third-order valence-electron chi connectivity index (χ3n) is 1.50. The molecule has 0 aliphatic carbocycles. The molecule has 2 atom stereocenters. The minimum Gasteiger partial charge on any atom is -0.326 e. The summed E-state index contributed by atoms with van der Waals surface area (Å²) in [5.41, 5.74) is 5.54. The normalized spacial score (nSPS) is 19.2. The number of carbonyl (C=O) groups excluding carboxylic acids is 1. The molecule has 0 aromatic rings. The minimum absolute atomic E-state index is 0.0162. The summed E-state index contributed by atoms with van der Waals surface area (Å²) in [5.74, 6) is -0.0162. The van der Waals surface area contributed by atoms with Crippen molar-refractivity contribution >= 4 is 21.7 Å². The van der Waals surface area contributed by atoms with Gasteiger partial charge >= 0.3 is 0 Å². The van der Waals surface area contributed by atoms with E-state index in [9.17, 15) is 4.79 Å². The van der Waals surface area contributed by atoms with E-state index in [1.54, 1.807) is 6.92 Å². The number of hydrogen-bond donors (Lipinski definition) is 1. The summed E-state index contributed by atoms with van der Waals surface area (Å²) in [7, 11) is 0. The van der Waals surface area contributed by atoms with E-state index < -0.39 is 4.32 Å². The lowest BCUT2D eigenvalue weighted by molar-refractivity contribution is -0.118. The van der Waals surface area contributed by atoms with Crippen LogP contribution in [0.1, 0.15) is 13.8 Å². The average molecular weight is 206 g/mol. The van der Waals surface area contributed by atoms with E-state index >= 15 is 0 Å². The molecule has 0 aromatic heterocycles. The third-order valence-corrected chi connectivity index (χ3v) is 3.10. The van der Waals surface area contributed by atoms with Crippen molar-refractivity contribution in [3.8, 4) is 0 Å². The molecule has 0 aliphatic heterocycles. The van der Waals surface area contributed by atoms with E-state index in [2.05, 4.69) is 22.5 Å². The van der Waals surface area contributed by atoms with Gasteiger partial charge in [0.25, 0.3) is 0 Å². The molecule has 2 N–H and O–H groups in total. The Balaban J connectivity index is 4.54. The second-order valence-corrected chi connectivity index (χ2v) is 3.63. The maximum Gasteiger partial charge on any atom is 0.151 e. The van der Waals surface area contributed by atoms with Gasteiger partial charge in [0.2, 0.25) is 0 Å². The maximum atomic E-state index is 10.9. The van der Waals surface area contributed by atoms with Crippen LogP contribution >= 0.6 is 15.9 Å². The monoisotopic (exact) mass is 205 g/mol. The highest BCUT2D eigenvalue weighted by molar-refractivity contribution is 9.10. The summed E-state index contributed by atoms with van der Waals surface area (Å²) in [5, 5.41) is 0. The van der Waals surface area contributed by atoms with Gasteiger partial charge in [-0.25, -0.2) is 0 Å². The van der Waals surface area contributed by atoms with Crippen molar-refractivity contribution in [2.75, 3.05) is 0 Å². The second kappa shape index (κ2) is 3.30. The fourth-order valence-electron chi connectivity index (χ4n) is 0.650. The highest BCUT2D eigenvalue weighted by Gasteiger charge is 2.32. The van der Waals surface area contributed by atoms with Crippen molar-refractivity contribution in [3.63, 3.8) is 0 Å². The summed E-state index contributed by atoms with van der Waals surface area (Å²) < 4.78 is -0.743. The maximum absolute atomic E-state index is 10.9. The molecule has 0 heterocycles. The second-order valence-electron chi connectivity index (χ2n) is 2.32. The first-order valence-electron chi connectivity index (χ1n) is 3.04. The SMILES string of the molecule is C=CC(Br)(C(C)=O)C(C)N. The Morgan fingerprint density at radius 3 is 2.30 bits per heavy atom. The standard InChI is InChI=1S/C7H12BrNO/c1-4-7(8,5(2)9)6(3)10/h4-5H,1,9H2,2-3H3. The highest BCUT2D eigenvalue weighted by atomic mass is 79.9. The first-order valence-corrected chi connectivity index (χ1v) is 3.83. The van der Waals surface area contributed by atoms with E-state index in [4.69, 9.17) is 5.73 Å². The van der Waals surface area contributed by atoms with Gasteiger partial charge in [-0.1, -0.05) is 22.0 Å². The Hall–Kier alpha value is -0.150. The molecular formula is C7H12BrNO. The van der Waals surface area contributed by atoms with Crippen LogP contribution in [0.25, 0.3) is 0 Å². The van der Waals surface area contributed by atoms with Crippen molar-refractivity contribution in [2.45, 2.75) is 24.2 Å². The van der Waals surface area contributed by atoms with Gasteiger partial charge in [-0.2, -0.15) is 0 Å². The lowest BCUT2D eigenvalue weighted by atomic mass is 9.98. The Kier molecular flexibility index (Phi) is 3.25. The van der Waals surface area contributed by atoms with Crippen LogP contribution in [0, 0.1) is 0 Å². The molecule has 58 valence electrons. The average Bonchev–Trinajstić information content (AvgIpc) is 1.85. The van der Waals surface area contributed by atoms with Gasteiger partial charge in [-0.05, 0) is 13.8 Å². The van der Waals surface area contributed by atoms with Crippen LogP contribution in [0.2, 0.25) is 0 Å². The van der Waals surface area contributed by atoms with Gasteiger partial charge in [0.1, 0.15) is 4.32 Å². The van der Waals surface area contributed by atoms with E-state index in [0.29, 0.717) is 0 Å². The van der Waals surface area contributed by atoms with Crippen molar-refractivity contribution in [1.82, 2.24) is 0 Å². The Bertz CT molecular complexity index is 156. The van der Waals surface area contributed by atoms with Crippen LogP contribution in [0.15, 0.2) is 12.7 Å². The first kappa shape index (κ1) is 9.85. The van der Waals surface area contributed by atoms with Crippen LogP contribution in [0.4, 0.5) is 0 Å². The molecule has 0 aromatic carbocycles. The quantitative estimate of drug-likeness (QED) is 0.557. The van der Waals surface area contributed by atoms with Gasteiger partial charge in [0.15, 0.2) is 5.78 Å². The number of rotatable bonds is 3.